The summed E-state index contributed by atoms with van der Waals surface area (Å²) in [6.07, 6.45) is 5.26. The van der Waals surface area contributed by atoms with Gasteiger partial charge in [0.05, 0.1) is 25.1 Å². The van der Waals surface area contributed by atoms with E-state index < -0.39 is 5.54 Å². The number of amides is 1. The molecule has 0 bridgehead atoms. The summed E-state index contributed by atoms with van der Waals surface area (Å²) in [5.74, 6) is -0.485. The van der Waals surface area contributed by atoms with Gasteiger partial charge in [0.25, 0.3) is 0 Å². The monoisotopic (exact) mass is 387 g/mol. The molecule has 1 aromatic carbocycles. The van der Waals surface area contributed by atoms with Crippen molar-refractivity contribution in [3.05, 3.63) is 48.0 Å². The number of morpholine rings is 1. The van der Waals surface area contributed by atoms with Crippen molar-refractivity contribution < 1.29 is 13.9 Å². The van der Waals surface area contributed by atoms with Gasteiger partial charge in [0, 0.05) is 44.5 Å². The smallest absolute Gasteiger partial charge is 0.238 e. The van der Waals surface area contributed by atoms with Crippen molar-refractivity contribution in [2.75, 3.05) is 39.4 Å². The van der Waals surface area contributed by atoms with E-state index in [1.807, 2.05) is 12.4 Å². The maximum Gasteiger partial charge on any atom is 0.238 e. The molecule has 2 fully saturated rings. The van der Waals surface area contributed by atoms with Gasteiger partial charge in [-0.05, 0) is 37.1 Å². The molecule has 0 aliphatic carbocycles. The van der Waals surface area contributed by atoms with E-state index in [0.29, 0.717) is 13.2 Å². The van der Waals surface area contributed by atoms with E-state index in [1.165, 1.54) is 12.1 Å². The Balaban J connectivity index is 1.39. The Bertz CT molecular complexity index is 808. The second kappa shape index (κ2) is 7.98. The molecule has 4 rings (SSSR count). The molecule has 2 aliphatic rings. The van der Waals surface area contributed by atoms with Gasteiger partial charge in [0.15, 0.2) is 0 Å². The van der Waals surface area contributed by atoms with Gasteiger partial charge < -0.3 is 10.5 Å². The summed E-state index contributed by atoms with van der Waals surface area (Å²) in [6, 6.07) is 6.26. The zero-order chi connectivity index (χ0) is 19.6. The third-order valence-electron chi connectivity index (χ3n) is 5.89. The van der Waals surface area contributed by atoms with Crippen molar-refractivity contribution in [1.82, 2.24) is 19.6 Å². The van der Waals surface area contributed by atoms with Crippen LogP contribution in [0.4, 0.5) is 4.39 Å². The molecular formula is C20H26FN5O2. The van der Waals surface area contributed by atoms with Gasteiger partial charge in [0.1, 0.15) is 11.4 Å². The second-order valence-corrected chi connectivity index (χ2v) is 7.54. The van der Waals surface area contributed by atoms with Crippen LogP contribution in [-0.4, -0.2) is 70.4 Å². The molecule has 2 aliphatic heterocycles. The number of nitrogens with two attached hydrogens (primary N) is 1. The van der Waals surface area contributed by atoms with Crippen molar-refractivity contribution in [3.63, 3.8) is 0 Å². The van der Waals surface area contributed by atoms with Crippen molar-refractivity contribution in [2.24, 2.45) is 5.73 Å². The van der Waals surface area contributed by atoms with Crippen LogP contribution in [0.1, 0.15) is 18.4 Å². The number of carbonyl (C=O) groups is 1. The van der Waals surface area contributed by atoms with E-state index in [2.05, 4.69) is 14.9 Å². The first-order valence-electron chi connectivity index (χ1n) is 9.71. The number of carbonyl (C=O) groups excluding carboxylic acids is 1. The van der Waals surface area contributed by atoms with Crippen LogP contribution in [0, 0.1) is 5.82 Å². The van der Waals surface area contributed by atoms with Gasteiger partial charge in [0.2, 0.25) is 5.91 Å². The summed E-state index contributed by atoms with van der Waals surface area (Å²) >= 11 is 0. The highest BCUT2D eigenvalue weighted by Gasteiger charge is 2.45. The van der Waals surface area contributed by atoms with E-state index >= 15 is 0 Å². The van der Waals surface area contributed by atoms with Gasteiger partial charge in [-0.25, -0.2) is 9.07 Å². The van der Waals surface area contributed by atoms with E-state index in [-0.39, 0.29) is 11.7 Å². The van der Waals surface area contributed by atoms with Crippen LogP contribution in [0.15, 0.2) is 36.7 Å². The predicted octanol–water partition coefficient (Wildman–Crippen LogP) is 1.16. The zero-order valence-corrected chi connectivity index (χ0v) is 15.9. The van der Waals surface area contributed by atoms with Crippen LogP contribution in [0.25, 0.3) is 5.69 Å². The number of hydrogen-bond donors (Lipinski definition) is 1. The minimum absolute atomic E-state index is 0.224. The molecule has 0 atom stereocenters. The lowest BCUT2D eigenvalue weighted by atomic mass is 9.84. The molecule has 150 valence electrons. The van der Waals surface area contributed by atoms with Crippen molar-refractivity contribution in [2.45, 2.75) is 24.9 Å². The predicted molar refractivity (Wildman–Crippen MR) is 102 cm³/mol. The van der Waals surface area contributed by atoms with Gasteiger partial charge in [-0.2, -0.15) is 5.10 Å². The number of nitrogens with zero attached hydrogens (tertiary/aromatic N) is 4. The summed E-state index contributed by atoms with van der Waals surface area (Å²) in [5, 5.41) is 4.38. The average Bonchev–Trinajstić information content (AvgIpc) is 3.18. The maximum absolute atomic E-state index is 13.1. The summed E-state index contributed by atoms with van der Waals surface area (Å²) < 4.78 is 20.3. The Hall–Kier alpha value is -2.29. The number of benzene rings is 1. The number of rotatable bonds is 5. The molecule has 7 nitrogen and oxygen atoms in total. The number of primary amides is 1. The fraction of sp³-hybridized carbons (Fsp3) is 0.500. The minimum atomic E-state index is -0.557. The largest absolute Gasteiger partial charge is 0.379 e. The molecule has 2 N–H and O–H groups in total. The zero-order valence-electron chi connectivity index (χ0n) is 15.9. The van der Waals surface area contributed by atoms with Crippen LogP contribution in [-0.2, 0) is 16.1 Å². The van der Waals surface area contributed by atoms with Gasteiger partial charge in [-0.1, -0.05) is 0 Å². The lowest BCUT2D eigenvalue weighted by Gasteiger charge is -2.47. The Morgan fingerprint density at radius 2 is 1.82 bits per heavy atom. The number of halogens is 1. The highest BCUT2D eigenvalue weighted by molar-refractivity contribution is 5.84. The molecule has 1 aromatic heterocycles. The topological polar surface area (TPSA) is 76.6 Å². The van der Waals surface area contributed by atoms with Crippen LogP contribution in [0.5, 0.6) is 0 Å². The third kappa shape index (κ3) is 3.80. The Kier molecular flexibility index (Phi) is 5.43. The van der Waals surface area contributed by atoms with Crippen molar-refractivity contribution in [1.29, 1.82) is 0 Å². The molecule has 1 amide bonds. The molecule has 2 saturated heterocycles. The quantitative estimate of drug-likeness (QED) is 0.833. The van der Waals surface area contributed by atoms with E-state index in [1.54, 1.807) is 16.8 Å². The fourth-order valence-electron chi connectivity index (χ4n) is 4.23. The van der Waals surface area contributed by atoms with Crippen molar-refractivity contribution >= 4 is 5.91 Å². The molecule has 0 spiro atoms. The number of piperidine rings is 1. The number of likely N-dealkylation sites (tertiary alicyclic amines) is 1. The second-order valence-electron chi connectivity index (χ2n) is 7.54. The first kappa shape index (κ1) is 19.0. The highest BCUT2D eigenvalue weighted by Crippen LogP contribution is 2.30. The fourth-order valence-corrected chi connectivity index (χ4v) is 4.23. The minimum Gasteiger partial charge on any atom is -0.379 e. The Morgan fingerprint density at radius 1 is 1.14 bits per heavy atom. The summed E-state index contributed by atoms with van der Waals surface area (Å²) in [4.78, 5) is 16.8. The molecule has 8 heteroatoms. The number of ether oxygens (including phenoxy) is 1. The summed E-state index contributed by atoms with van der Waals surface area (Å²) in [7, 11) is 0. The normalized spacial score (nSPS) is 20.9. The van der Waals surface area contributed by atoms with Crippen LogP contribution >= 0.6 is 0 Å². The Labute approximate surface area is 163 Å². The van der Waals surface area contributed by atoms with Crippen molar-refractivity contribution in [3.8, 4) is 5.69 Å². The van der Waals surface area contributed by atoms with Crippen LogP contribution in [0.2, 0.25) is 0 Å². The number of hydrogen-bond acceptors (Lipinski definition) is 5. The van der Waals surface area contributed by atoms with Gasteiger partial charge >= 0.3 is 0 Å². The van der Waals surface area contributed by atoms with Gasteiger partial charge in [-0.15, -0.1) is 0 Å². The van der Waals surface area contributed by atoms with E-state index in [9.17, 15) is 9.18 Å². The molecule has 3 heterocycles. The lowest BCUT2D eigenvalue weighted by Crippen LogP contribution is -2.64. The molecule has 0 saturated carbocycles. The van der Waals surface area contributed by atoms with Gasteiger partial charge in [-0.3, -0.25) is 14.6 Å². The third-order valence-corrected chi connectivity index (χ3v) is 5.89. The molecular weight excluding hydrogens is 361 g/mol. The maximum atomic E-state index is 13.1. The first-order valence-corrected chi connectivity index (χ1v) is 9.71. The molecule has 0 radical (unpaired) electrons. The summed E-state index contributed by atoms with van der Waals surface area (Å²) in [5.41, 5.74) is 7.18. The molecule has 28 heavy (non-hydrogen) atoms. The average molecular weight is 387 g/mol. The lowest BCUT2D eigenvalue weighted by molar-refractivity contribution is -0.138. The Morgan fingerprint density at radius 3 is 2.46 bits per heavy atom. The van der Waals surface area contributed by atoms with Crippen LogP contribution < -0.4 is 5.73 Å². The summed E-state index contributed by atoms with van der Waals surface area (Å²) in [6.45, 7) is 5.20. The molecule has 2 aromatic rings. The first-order chi connectivity index (χ1) is 13.6. The van der Waals surface area contributed by atoms with E-state index in [4.69, 9.17) is 10.5 Å². The van der Waals surface area contributed by atoms with E-state index in [0.717, 1.165) is 56.8 Å². The molecule has 0 unspecified atom stereocenters. The number of aromatic nitrogens is 2. The SMILES string of the molecule is NC(=O)C1(N2CCOCC2)CCN(Cc2cnn(-c3ccc(F)cc3)c2)CC1. The highest BCUT2D eigenvalue weighted by atomic mass is 19.1. The van der Waals surface area contributed by atoms with Crippen LogP contribution in [0.3, 0.4) is 0 Å². The standard InChI is InChI=1S/C20H26FN5O2/c21-17-1-3-18(4-2-17)26-15-16(13-23-26)14-24-7-5-20(6-8-24,19(22)27)25-9-11-28-12-10-25/h1-4,13,15H,5-12,14H2,(H2,22,27).